The molecule has 2 saturated heterocycles. The van der Waals surface area contributed by atoms with Crippen molar-refractivity contribution in [1.82, 2.24) is 10.2 Å². The van der Waals surface area contributed by atoms with Gasteiger partial charge in [-0.05, 0) is 24.8 Å². The summed E-state index contributed by atoms with van der Waals surface area (Å²) in [6, 6.07) is 9.93. The summed E-state index contributed by atoms with van der Waals surface area (Å²) in [6.07, 6.45) is 2.18. The van der Waals surface area contributed by atoms with Crippen LogP contribution in [0.4, 0.5) is 0 Å². The molecule has 6 nitrogen and oxygen atoms in total. The first-order valence-electron chi connectivity index (χ1n) is 9.42. The number of hydrogen-bond donors (Lipinski definition) is 1. The zero-order chi connectivity index (χ0) is 18.4. The highest BCUT2D eigenvalue weighted by Crippen LogP contribution is 2.20. The number of carbonyl (C=O) groups is 2. The lowest BCUT2D eigenvalue weighted by Gasteiger charge is -2.35. The van der Waals surface area contributed by atoms with Crippen molar-refractivity contribution >= 4 is 11.8 Å². The second-order valence-electron chi connectivity index (χ2n) is 7.09. The van der Waals surface area contributed by atoms with Crippen LogP contribution >= 0.6 is 0 Å². The van der Waals surface area contributed by atoms with Gasteiger partial charge in [-0.25, -0.2) is 0 Å². The predicted molar refractivity (Wildman–Crippen MR) is 97.4 cm³/mol. The summed E-state index contributed by atoms with van der Waals surface area (Å²) in [5.41, 5.74) is 1.13. The molecule has 1 aromatic rings. The first-order chi connectivity index (χ1) is 12.6. The highest BCUT2D eigenvalue weighted by atomic mass is 16.5. The number of benzene rings is 1. The van der Waals surface area contributed by atoms with Crippen LogP contribution in [0.2, 0.25) is 0 Å². The van der Waals surface area contributed by atoms with Gasteiger partial charge in [0.25, 0.3) is 0 Å². The molecule has 0 aliphatic carbocycles. The Hall–Kier alpha value is -1.92. The summed E-state index contributed by atoms with van der Waals surface area (Å²) in [5.74, 6) is 0.0956. The molecule has 0 bridgehead atoms. The number of ether oxygens (including phenoxy) is 2. The number of nitrogens with zero attached hydrogens (tertiary/aromatic N) is 1. The lowest BCUT2D eigenvalue weighted by atomic mass is 9.95. The van der Waals surface area contributed by atoms with E-state index in [1.807, 2.05) is 30.3 Å². The van der Waals surface area contributed by atoms with Gasteiger partial charge >= 0.3 is 0 Å². The summed E-state index contributed by atoms with van der Waals surface area (Å²) in [7, 11) is 0. The molecule has 3 rings (SSSR count). The summed E-state index contributed by atoms with van der Waals surface area (Å²) >= 11 is 0. The Kier molecular flexibility index (Phi) is 6.63. The van der Waals surface area contributed by atoms with Gasteiger partial charge in [0.15, 0.2) is 0 Å². The molecule has 2 aliphatic rings. The lowest BCUT2D eigenvalue weighted by molar-refractivity contribution is -0.136. The van der Waals surface area contributed by atoms with Crippen LogP contribution < -0.4 is 5.32 Å². The van der Waals surface area contributed by atoms with E-state index < -0.39 is 0 Å². The second-order valence-corrected chi connectivity index (χ2v) is 7.09. The van der Waals surface area contributed by atoms with Crippen molar-refractivity contribution in [3.05, 3.63) is 35.9 Å². The quantitative estimate of drug-likeness (QED) is 0.868. The molecule has 2 amide bonds. The molecule has 0 radical (unpaired) electrons. The molecule has 2 atom stereocenters. The standard InChI is InChI=1S/C20H28N2O4/c1-15(23)22-10-7-17(8-11-22)20(24)21-18-14-25-12-9-19(18)26-13-16-5-3-2-4-6-16/h2-6,17-19H,7-14H2,1H3,(H,21,24)/t18-,19+/m1/s1. The Bertz CT molecular complexity index is 599. The monoisotopic (exact) mass is 360 g/mol. The Morgan fingerprint density at radius 1 is 1.19 bits per heavy atom. The van der Waals surface area contributed by atoms with Crippen molar-refractivity contribution in [2.24, 2.45) is 5.92 Å². The van der Waals surface area contributed by atoms with Crippen LogP contribution in [0.25, 0.3) is 0 Å². The molecular weight excluding hydrogens is 332 g/mol. The van der Waals surface area contributed by atoms with E-state index in [9.17, 15) is 9.59 Å². The first kappa shape index (κ1) is 18.9. The zero-order valence-corrected chi connectivity index (χ0v) is 15.4. The van der Waals surface area contributed by atoms with Gasteiger partial charge in [0.05, 0.1) is 25.4 Å². The third kappa shape index (κ3) is 5.05. The molecule has 2 fully saturated rings. The maximum Gasteiger partial charge on any atom is 0.223 e. The van der Waals surface area contributed by atoms with Crippen LogP contribution in [0.5, 0.6) is 0 Å². The normalized spacial score (nSPS) is 24.3. The summed E-state index contributed by atoms with van der Waals surface area (Å²) in [5, 5.41) is 3.13. The minimum absolute atomic E-state index is 0.0368. The van der Waals surface area contributed by atoms with Crippen molar-refractivity contribution in [3.63, 3.8) is 0 Å². The average molecular weight is 360 g/mol. The molecule has 0 spiro atoms. The van der Waals surface area contributed by atoms with Crippen LogP contribution in [0.3, 0.4) is 0 Å². The van der Waals surface area contributed by atoms with Crippen LogP contribution in [-0.2, 0) is 25.7 Å². The van der Waals surface area contributed by atoms with Gasteiger partial charge in [-0.1, -0.05) is 30.3 Å². The third-order valence-corrected chi connectivity index (χ3v) is 5.24. The lowest BCUT2D eigenvalue weighted by Crippen LogP contribution is -2.53. The van der Waals surface area contributed by atoms with Crippen molar-refractivity contribution in [3.8, 4) is 0 Å². The van der Waals surface area contributed by atoms with Gasteiger partial charge in [0.2, 0.25) is 11.8 Å². The first-order valence-corrected chi connectivity index (χ1v) is 9.42. The number of nitrogens with one attached hydrogen (secondary N) is 1. The van der Waals surface area contributed by atoms with Crippen molar-refractivity contribution in [2.45, 2.75) is 44.9 Å². The van der Waals surface area contributed by atoms with E-state index in [1.165, 1.54) is 0 Å². The molecular formula is C20H28N2O4. The van der Waals surface area contributed by atoms with Crippen molar-refractivity contribution in [1.29, 1.82) is 0 Å². The molecule has 0 aromatic heterocycles. The smallest absolute Gasteiger partial charge is 0.223 e. The Morgan fingerprint density at radius 3 is 2.62 bits per heavy atom. The molecule has 0 unspecified atom stereocenters. The zero-order valence-electron chi connectivity index (χ0n) is 15.4. The second kappa shape index (κ2) is 9.14. The molecule has 6 heteroatoms. The van der Waals surface area contributed by atoms with E-state index in [0.29, 0.717) is 45.8 Å². The van der Waals surface area contributed by atoms with Crippen LogP contribution in [0.15, 0.2) is 30.3 Å². The van der Waals surface area contributed by atoms with E-state index in [2.05, 4.69) is 5.32 Å². The highest BCUT2D eigenvalue weighted by molar-refractivity contribution is 5.80. The molecule has 142 valence electrons. The van der Waals surface area contributed by atoms with E-state index in [0.717, 1.165) is 12.0 Å². The highest BCUT2D eigenvalue weighted by Gasteiger charge is 2.32. The number of likely N-dealkylation sites (tertiary alicyclic amines) is 1. The van der Waals surface area contributed by atoms with Crippen molar-refractivity contribution in [2.75, 3.05) is 26.3 Å². The Labute approximate surface area is 154 Å². The minimum Gasteiger partial charge on any atom is -0.379 e. The average Bonchev–Trinajstić information content (AvgIpc) is 2.68. The number of piperidine rings is 1. The van der Waals surface area contributed by atoms with E-state index in [1.54, 1.807) is 11.8 Å². The Morgan fingerprint density at radius 2 is 1.92 bits per heavy atom. The van der Waals surface area contributed by atoms with Gasteiger partial charge in [0.1, 0.15) is 0 Å². The molecule has 0 saturated carbocycles. The number of rotatable bonds is 5. The fourth-order valence-electron chi connectivity index (χ4n) is 3.59. The van der Waals surface area contributed by atoms with Crippen LogP contribution in [0.1, 0.15) is 31.7 Å². The SMILES string of the molecule is CC(=O)N1CCC(C(=O)N[C@@H]2COCC[C@@H]2OCc2ccccc2)CC1. The van der Waals surface area contributed by atoms with Gasteiger partial charge in [-0.3, -0.25) is 9.59 Å². The van der Waals surface area contributed by atoms with E-state index in [-0.39, 0.29) is 29.9 Å². The van der Waals surface area contributed by atoms with Crippen LogP contribution in [-0.4, -0.2) is 55.2 Å². The summed E-state index contributed by atoms with van der Waals surface area (Å²) in [6.45, 7) is 4.56. The van der Waals surface area contributed by atoms with Gasteiger partial charge in [0, 0.05) is 32.5 Å². The van der Waals surface area contributed by atoms with E-state index in [4.69, 9.17) is 9.47 Å². The molecule has 1 N–H and O–H groups in total. The predicted octanol–water partition coefficient (Wildman–Crippen LogP) is 1.74. The minimum atomic E-state index is -0.120. The fourth-order valence-corrected chi connectivity index (χ4v) is 3.59. The molecule has 2 aliphatic heterocycles. The molecule has 26 heavy (non-hydrogen) atoms. The number of hydrogen-bond acceptors (Lipinski definition) is 4. The third-order valence-electron chi connectivity index (χ3n) is 5.24. The van der Waals surface area contributed by atoms with Gasteiger partial charge in [-0.2, -0.15) is 0 Å². The van der Waals surface area contributed by atoms with Gasteiger partial charge < -0.3 is 19.7 Å². The molecule has 1 aromatic carbocycles. The largest absolute Gasteiger partial charge is 0.379 e. The topological polar surface area (TPSA) is 67.9 Å². The number of carbonyl (C=O) groups excluding carboxylic acids is 2. The number of amides is 2. The maximum absolute atomic E-state index is 12.6. The fraction of sp³-hybridized carbons (Fsp3) is 0.600. The maximum atomic E-state index is 12.6. The summed E-state index contributed by atoms with van der Waals surface area (Å²) in [4.78, 5) is 25.9. The van der Waals surface area contributed by atoms with E-state index >= 15 is 0 Å². The summed E-state index contributed by atoms with van der Waals surface area (Å²) < 4.78 is 11.6. The van der Waals surface area contributed by atoms with Crippen LogP contribution in [0, 0.1) is 5.92 Å². The van der Waals surface area contributed by atoms with Gasteiger partial charge in [-0.15, -0.1) is 0 Å². The van der Waals surface area contributed by atoms with Crippen molar-refractivity contribution < 1.29 is 19.1 Å². The molecule has 2 heterocycles. The Balaban J connectivity index is 1.50.